The van der Waals surface area contributed by atoms with E-state index in [1.54, 1.807) is 7.05 Å². The van der Waals surface area contributed by atoms with Gasteiger partial charge in [-0.05, 0) is 31.7 Å². The van der Waals surface area contributed by atoms with Crippen molar-refractivity contribution in [1.29, 1.82) is 0 Å². The Morgan fingerprint density at radius 1 is 1.17 bits per heavy atom. The van der Waals surface area contributed by atoms with Crippen molar-refractivity contribution in [2.24, 2.45) is 10.9 Å². The van der Waals surface area contributed by atoms with Gasteiger partial charge < -0.3 is 20.1 Å². The molecular formula is C19H33N3O2. The van der Waals surface area contributed by atoms with Gasteiger partial charge in [-0.3, -0.25) is 4.99 Å². The lowest BCUT2D eigenvalue weighted by Crippen LogP contribution is -2.37. The predicted molar refractivity (Wildman–Crippen MR) is 101 cm³/mol. The van der Waals surface area contributed by atoms with Crippen molar-refractivity contribution in [2.45, 2.75) is 40.2 Å². The van der Waals surface area contributed by atoms with Crippen molar-refractivity contribution in [3.05, 3.63) is 29.8 Å². The Labute approximate surface area is 146 Å². The van der Waals surface area contributed by atoms with E-state index in [0.717, 1.165) is 56.5 Å². The second-order valence-electron chi connectivity index (χ2n) is 6.04. The zero-order chi connectivity index (χ0) is 17.6. The monoisotopic (exact) mass is 335 g/mol. The summed E-state index contributed by atoms with van der Waals surface area (Å²) in [6.07, 6.45) is 2.02. The van der Waals surface area contributed by atoms with Gasteiger partial charge in [0, 0.05) is 38.9 Å². The zero-order valence-corrected chi connectivity index (χ0v) is 15.6. The predicted octanol–water partition coefficient (Wildman–Crippen LogP) is 3.20. The number of aliphatic imine (C=N–C) groups is 1. The van der Waals surface area contributed by atoms with Crippen molar-refractivity contribution >= 4 is 5.96 Å². The number of para-hydroxylation sites is 1. The number of benzene rings is 1. The minimum Gasteiger partial charge on any atom is -0.493 e. The molecule has 1 rings (SSSR count). The molecule has 0 saturated heterocycles. The van der Waals surface area contributed by atoms with Gasteiger partial charge >= 0.3 is 0 Å². The molecule has 0 radical (unpaired) electrons. The Bertz CT molecular complexity index is 475. The summed E-state index contributed by atoms with van der Waals surface area (Å²) in [4.78, 5) is 4.25. The summed E-state index contributed by atoms with van der Waals surface area (Å²) in [5.74, 6) is 2.39. The zero-order valence-electron chi connectivity index (χ0n) is 15.6. The lowest BCUT2D eigenvalue weighted by molar-refractivity contribution is 0.145. The van der Waals surface area contributed by atoms with Crippen LogP contribution in [-0.4, -0.2) is 39.4 Å². The lowest BCUT2D eigenvalue weighted by Gasteiger charge is -2.15. The van der Waals surface area contributed by atoms with E-state index in [4.69, 9.17) is 9.47 Å². The van der Waals surface area contributed by atoms with Gasteiger partial charge in [-0.1, -0.05) is 32.0 Å². The van der Waals surface area contributed by atoms with Crippen LogP contribution in [0.5, 0.6) is 5.75 Å². The SMILES string of the molecule is CCOCCCNC(=NC)NCc1ccccc1OCCC(C)C. The first-order chi connectivity index (χ1) is 11.7. The largest absolute Gasteiger partial charge is 0.493 e. The number of hydrogen-bond acceptors (Lipinski definition) is 3. The molecule has 0 unspecified atom stereocenters. The van der Waals surface area contributed by atoms with Crippen molar-refractivity contribution < 1.29 is 9.47 Å². The Hall–Kier alpha value is -1.75. The molecule has 2 N–H and O–H groups in total. The van der Waals surface area contributed by atoms with Crippen LogP contribution >= 0.6 is 0 Å². The number of nitrogens with zero attached hydrogens (tertiary/aromatic N) is 1. The summed E-state index contributed by atoms with van der Waals surface area (Å²) in [5.41, 5.74) is 1.14. The third-order valence-electron chi connectivity index (χ3n) is 3.56. The van der Waals surface area contributed by atoms with E-state index in [1.807, 2.05) is 25.1 Å². The summed E-state index contributed by atoms with van der Waals surface area (Å²) < 4.78 is 11.3. The van der Waals surface area contributed by atoms with Gasteiger partial charge in [0.25, 0.3) is 0 Å². The highest BCUT2D eigenvalue weighted by Crippen LogP contribution is 2.18. The molecule has 0 aliphatic heterocycles. The molecule has 0 bridgehead atoms. The minimum atomic E-state index is 0.648. The van der Waals surface area contributed by atoms with E-state index in [-0.39, 0.29) is 0 Å². The summed E-state index contributed by atoms with van der Waals surface area (Å²) in [6, 6.07) is 8.15. The summed E-state index contributed by atoms with van der Waals surface area (Å²) >= 11 is 0. The van der Waals surface area contributed by atoms with Crippen molar-refractivity contribution in [3.8, 4) is 5.75 Å². The quantitative estimate of drug-likeness (QED) is 0.370. The van der Waals surface area contributed by atoms with E-state index in [0.29, 0.717) is 12.5 Å². The van der Waals surface area contributed by atoms with Gasteiger partial charge in [0.15, 0.2) is 5.96 Å². The van der Waals surface area contributed by atoms with Crippen LogP contribution in [0.15, 0.2) is 29.3 Å². The molecule has 0 fully saturated rings. The van der Waals surface area contributed by atoms with Gasteiger partial charge in [0.2, 0.25) is 0 Å². The molecular weight excluding hydrogens is 302 g/mol. The summed E-state index contributed by atoms with van der Waals surface area (Å²) in [6.45, 7) is 10.2. The number of rotatable bonds is 11. The van der Waals surface area contributed by atoms with E-state index in [2.05, 4.69) is 35.5 Å². The van der Waals surface area contributed by atoms with E-state index >= 15 is 0 Å². The van der Waals surface area contributed by atoms with Gasteiger partial charge in [-0.15, -0.1) is 0 Å². The topological polar surface area (TPSA) is 54.9 Å². The fraction of sp³-hybridized carbons (Fsp3) is 0.632. The standard InChI is InChI=1S/C19H33N3O2/c1-5-23-13-8-12-21-19(20-4)22-15-17-9-6-7-10-18(17)24-14-11-16(2)3/h6-7,9-10,16H,5,8,11-15H2,1-4H3,(H2,20,21,22). The van der Waals surface area contributed by atoms with Crippen LogP contribution in [0.1, 0.15) is 39.2 Å². The Balaban J connectivity index is 2.41. The Kier molecular flexibility index (Phi) is 10.7. The Morgan fingerprint density at radius 2 is 1.96 bits per heavy atom. The van der Waals surface area contributed by atoms with Gasteiger partial charge in [-0.2, -0.15) is 0 Å². The molecule has 0 amide bonds. The average molecular weight is 335 g/mol. The highest BCUT2D eigenvalue weighted by molar-refractivity contribution is 5.79. The fourth-order valence-corrected chi connectivity index (χ4v) is 2.12. The van der Waals surface area contributed by atoms with Crippen molar-refractivity contribution in [3.63, 3.8) is 0 Å². The van der Waals surface area contributed by atoms with E-state index in [9.17, 15) is 0 Å². The first-order valence-electron chi connectivity index (χ1n) is 8.90. The molecule has 24 heavy (non-hydrogen) atoms. The van der Waals surface area contributed by atoms with Crippen LogP contribution in [0.3, 0.4) is 0 Å². The average Bonchev–Trinajstić information content (AvgIpc) is 2.58. The summed E-state index contributed by atoms with van der Waals surface area (Å²) in [7, 11) is 1.78. The second kappa shape index (κ2) is 12.6. The van der Waals surface area contributed by atoms with Crippen LogP contribution in [0, 0.1) is 5.92 Å². The molecule has 0 saturated carbocycles. The molecule has 1 aromatic rings. The molecule has 0 aliphatic carbocycles. The minimum absolute atomic E-state index is 0.648. The first-order valence-corrected chi connectivity index (χ1v) is 8.90. The maximum atomic E-state index is 5.92. The second-order valence-corrected chi connectivity index (χ2v) is 6.04. The molecule has 0 heterocycles. The third kappa shape index (κ3) is 8.77. The highest BCUT2D eigenvalue weighted by atomic mass is 16.5. The molecule has 5 heteroatoms. The molecule has 0 spiro atoms. The van der Waals surface area contributed by atoms with Crippen LogP contribution in [-0.2, 0) is 11.3 Å². The number of hydrogen-bond donors (Lipinski definition) is 2. The molecule has 0 aliphatic rings. The van der Waals surface area contributed by atoms with Gasteiger partial charge in [-0.25, -0.2) is 0 Å². The maximum absolute atomic E-state index is 5.92. The molecule has 0 atom stereocenters. The van der Waals surface area contributed by atoms with Crippen LogP contribution in [0.25, 0.3) is 0 Å². The first kappa shape index (κ1) is 20.3. The molecule has 0 aromatic heterocycles. The van der Waals surface area contributed by atoms with E-state index in [1.165, 1.54) is 0 Å². The number of guanidine groups is 1. The lowest BCUT2D eigenvalue weighted by atomic mass is 10.1. The van der Waals surface area contributed by atoms with Crippen LogP contribution in [0.4, 0.5) is 0 Å². The van der Waals surface area contributed by atoms with Crippen molar-refractivity contribution in [1.82, 2.24) is 10.6 Å². The maximum Gasteiger partial charge on any atom is 0.191 e. The smallest absolute Gasteiger partial charge is 0.191 e. The molecule has 5 nitrogen and oxygen atoms in total. The number of nitrogens with one attached hydrogen (secondary N) is 2. The fourth-order valence-electron chi connectivity index (χ4n) is 2.12. The highest BCUT2D eigenvalue weighted by Gasteiger charge is 2.05. The van der Waals surface area contributed by atoms with E-state index < -0.39 is 0 Å². The van der Waals surface area contributed by atoms with Crippen LogP contribution < -0.4 is 15.4 Å². The summed E-state index contributed by atoms with van der Waals surface area (Å²) in [5, 5.41) is 6.63. The normalized spacial score (nSPS) is 11.6. The van der Waals surface area contributed by atoms with Crippen LogP contribution in [0.2, 0.25) is 0 Å². The Morgan fingerprint density at radius 3 is 2.67 bits per heavy atom. The van der Waals surface area contributed by atoms with Crippen molar-refractivity contribution in [2.75, 3.05) is 33.4 Å². The third-order valence-corrected chi connectivity index (χ3v) is 3.56. The van der Waals surface area contributed by atoms with Gasteiger partial charge in [0.05, 0.1) is 6.61 Å². The molecule has 136 valence electrons. The van der Waals surface area contributed by atoms with Gasteiger partial charge in [0.1, 0.15) is 5.75 Å². The number of ether oxygens (including phenoxy) is 2. The molecule has 1 aromatic carbocycles.